The Bertz CT molecular complexity index is 361. The quantitative estimate of drug-likeness (QED) is 0.761. The molecule has 15 heavy (non-hydrogen) atoms. The van der Waals surface area contributed by atoms with Gasteiger partial charge in [-0.2, -0.15) is 5.10 Å². The average Bonchev–Trinajstić information content (AvgIpc) is 2.51. The lowest BCUT2D eigenvalue weighted by Gasteiger charge is -2.00. The first kappa shape index (κ1) is 11.0. The lowest BCUT2D eigenvalue weighted by molar-refractivity contribution is -0.137. The molecule has 1 amide bonds. The van der Waals surface area contributed by atoms with E-state index in [1.807, 2.05) is 0 Å². The smallest absolute Gasteiger partial charge is 0.411 e. The van der Waals surface area contributed by atoms with Gasteiger partial charge in [-0.05, 0) is 6.92 Å². The predicted molar refractivity (Wildman–Crippen MR) is 50.5 cm³/mol. The van der Waals surface area contributed by atoms with Crippen LogP contribution in [0.1, 0.15) is 6.92 Å². The highest BCUT2D eigenvalue weighted by Crippen LogP contribution is 2.04. The van der Waals surface area contributed by atoms with Gasteiger partial charge in [-0.3, -0.25) is 14.8 Å². The average molecular weight is 213 g/mol. The van der Waals surface area contributed by atoms with E-state index >= 15 is 0 Å². The molecular weight excluding hydrogens is 202 g/mol. The molecule has 0 fully saturated rings. The van der Waals surface area contributed by atoms with Crippen LogP contribution in [0, 0.1) is 0 Å². The van der Waals surface area contributed by atoms with Crippen LogP contribution in [0.2, 0.25) is 0 Å². The van der Waals surface area contributed by atoms with Gasteiger partial charge in [0.25, 0.3) is 0 Å². The molecule has 1 aromatic heterocycles. The molecule has 82 valence electrons. The lowest BCUT2D eigenvalue weighted by Crippen LogP contribution is -2.13. The zero-order chi connectivity index (χ0) is 11.3. The molecule has 0 radical (unpaired) electrons. The third-order valence-electron chi connectivity index (χ3n) is 1.45. The molecule has 1 heterocycles. The molecule has 0 bridgehead atoms. The van der Waals surface area contributed by atoms with Gasteiger partial charge in [-0.15, -0.1) is 0 Å². The number of rotatable bonds is 4. The molecule has 7 nitrogen and oxygen atoms in total. The van der Waals surface area contributed by atoms with E-state index in [-0.39, 0.29) is 13.2 Å². The molecule has 2 N–H and O–H groups in total. The van der Waals surface area contributed by atoms with Gasteiger partial charge in [-0.1, -0.05) is 0 Å². The van der Waals surface area contributed by atoms with Crippen LogP contribution in [-0.4, -0.2) is 33.6 Å². The second-order valence-electron chi connectivity index (χ2n) is 2.67. The number of carboxylic acid groups (broad SMARTS) is 1. The van der Waals surface area contributed by atoms with Crippen molar-refractivity contribution in [2.45, 2.75) is 13.5 Å². The van der Waals surface area contributed by atoms with Crippen LogP contribution >= 0.6 is 0 Å². The van der Waals surface area contributed by atoms with Crippen molar-refractivity contribution in [2.75, 3.05) is 11.9 Å². The summed E-state index contributed by atoms with van der Waals surface area (Å²) in [6.07, 6.45) is 2.16. The number of nitrogens with zero attached hydrogens (tertiary/aromatic N) is 2. The normalized spacial score (nSPS) is 9.67. The SMILES string of the molecule is CCOC(=O)Nc1cnn(CC(=O)O)c1. The first-order valence-corrected chi connectivity index (χ1v) is 4.30. The summed E-state index contributed by atoms with van der Waals surface area (Å²) in [5.74, 6) is -0.999. The van der Waals surface area contributed by atoms with E-state index in [0.29, 0.717) is 5.69 Å². The van der Waals surface area contributed by atoms with E-state index in [1.165, 1.54) is 17.1 Å². The standard InChI is InChI=1S/C8H11N3O4/c1-2-15-8(14)10-6-3-9-11(4-6)5-7(12)13/h3-4H,2,5H2,1H3,(H,10,14)(H,12,13). The molecule has 0 aliphatic heterocycles. The van der Waals surface area contributed by atoms with Crippen LogP contribution in [0.3, 0.4) is 0 Å². The minimum atomic E-state index is -0.999. The first-order chi connectivity index (χ1) is 7.11. The minimum absolute atomic E-state index is 0.246. The van der Waals surface area contributed by atoms with Crippen molar-refractivity contribution >= 4 is 17.7 Å². The summed E-state index contributed by atoms with van der Waals surface area (Å²) < 4.78 is 5.83. The highest BCUT2D eigenvalue weighted by atomic mass is 16.5. The number of amides is 1. The molecular formula is C8H11N3O4. The van der Waals surface area contributed by atoms with Gasteiger partial charge in [0, 0.05) is 6.20 Å². The Labute approximate surface area is 85.6 Å². The molecule has 0 saturated heterocycles. The van der Waals surface area contributed by atoms with E-state index in [1.54, 1.807) is 6.92 Å². The van der Waals surface area contributed by atoms with Crippen LogP contribution in [0.4, 0.5) is 10.5 Å². The first-order valence-electron chi connectivity index (χ1n) is 4.30. The van der Waals surface area contributed by atoms with Gasteiger partial charge in [-0.25, -0.2) is 4.79 Å². The Morgan fingerprint density at radius 3 is 3.00 bits per heavy atom. The topological polar surface area (TPSA) is 93.5 Å². The highest BCUT2D eigenvalue weighted by Gasteiger charge is 2.05. The van der Waals surface area contributed by atoms with E-state index in [4.69, 9.17) is 5.11 Å². The Hall–Kier alpha value is -2.05. The number of ether oxygens (including phenoxy) is 1. The highest BCUT2D eigenvalue weighted by molar-refractivity contribution is 5.84. The van der Waals surface area contributed by atoms with E-state index < -0.39 is 12.1 Å². The third kappa shape index (κ3) is 3.67. The van der Waals surface area contributed by atoms with E-state index in [9.17, 15) is 9.59 Å². The fourth-order valence-corrected chi connectivity index (χ4v) is 0.938. The molecule has 1 rings (SSSR count). The molecule has 0 aliphatic rings. The maximum absolute atomic E-state index is 11.0. The van der Waals surface area contributed by atoms with Gasteiger partial charge in [0.2, 0.25) is 0 Å². The number of nitrogens with one attached hydrogen (secondary N) is 1. The van der Waals surface area contributed by atoms with Crippen molar-refractivity contribution in [1.29, 1.82) is 0 Å². The van der Waals surface area contributed by atoms with Gasteiger partial charge in [0.1, 0.15) is 6.54 Å². The van der Waals surface area contributed by atoms with Crippen molar-refractivity contribution in [3.8, 4) is 0 Å². The van der Waals surface area contributed by atoms with E-state index in [0.717, 1.165) is 0 Å². The molecule has 0 unspecified atom stereocenters. The molecule has 0 aliphatic carbocycles. The van der Waals surface area contributed by atoms with Crippen LogP contribution < -0.4 is 5.32 Å². The Balaban J connectivity index is 2.52. The van der Waals surface area contributed by atoms with Crippen LogP contribution in [0.15, 0.2) is 12.4 Å². The number of carbonyl (C=O) groups is 2. The Morgan fingerprint density at radius 1 is 1.67 bits per heavy atom. The zero-order valence-electron chi connectivity index (χ0n) is 8.14. The number of aliphatic carboxylic acids is 1. The van der Waals surface area contributed by atoms with Gasteiger partial charge >= 0.3 is 12.1 Å². The summed E-state index contributed by atoms with van der Waals surface area (Å²) in [6, 6.07) is 0. The van der Waals surface area contributed by atoms with Gasteiger partial charge < -0.3 is 9.84 Å². The van der Waals surface area contributed by atoms with Crippen molar-refractivity contribution < 1.29 is 19.4 Å². The minimum Gasteiger partial charge on any atom is -0.480 e. The maximum Gasteiger partial charge on any atom is 0.411 e. The number of aromatic nitrogens is 2. The van der Waals surface area contributed by atoms with Gasteiger partial charge in [0.05, 0.1) is 18.5 Å². The van der Waals surface area contributed by atoms with Crippen molar-refractivity contribution in [3.05, 3.63) is 12.4 Å². The van der Waals surface area contributed by atoms with Crippen molar-refractivity contribution in [3.63, 3.8) is 0 Å². The lowest BCUT2D eigenvalue weighted by atomic mass is 10.5. The van der Waals surface area contributed by atoms with E-state index in [2.05, 4.69) is 15.2 Å². The fourth-order valence-electron chi connectivity index (χ4n) is 0.938. The van der Waals surface area contributed by atoms with Crippen molar-refractivity contribution in [1.82, 2.24) is 9.78 Å². The van der Waals surface area contributed by atoms with Crippen LogP contribution in [-0.2, 0) is 16.1 Å². The Kier molecular flexibility index (Phi) is 3.67. The number of hydrogen-bond acceptors (Lipinski definition) is 4. The monoisotopic (exact) mass is 213 g/mol. The number of anilines is 1. The number of hydrogen-bond donors (Lipinski definition) is 2. The summed E-state index contributed by atoms with van der Waals surface area (Å²) in [7, 11) is 0. The number of carboxylic acids is 1. The summed E-state index contributed by atoms with van der Waals surface area (Å²) in [5, 5.41) is 14.6. The number of carbonyl (C=O) groups excluding carboxylic acids is 1. The molecule has 0 spiro atoms. The van der Waals surface area contributed by atoms with Crippen LogP contribution in [0.5, 0.6) is 0 Å². The summed E-state index contributed by atoms with van der Waals surface area (Å²) in [6.45, 7) is 1.72. The second kappa shape index (κ2) is 4.99. The summed E-state index contributed by atoms with van der Waals surface area (Å²) in [4.78, 5) is 21.3. The zero-order valence-corrected chi connectivity index (χ0v) is 8.14. The molecule has 1 aromatic rings. The Morgan fingerprint density at radius 2 is 2.40 bits per heavy atom. The molecule has 7 heteroatoms. The maximum atomic E-state index is 11.0. The largest absolute Gasteiger partial charge is 0.480 e. The molecule has 0 saturated carbocycles. The van der Waals surface area contributed by atoms with Crippen LogP contribution in [0.25, 0.3) is 0 Å². The third-order valence-corrected chi connectivity index (χ3v) is 1.45. The fraction of sp³-hybridized carbons (Fsp3) is 0.375. The predicted octanol–water partition coefficient (Wildman–Crippen LogP) is 0.536. The molecule has 0 aromatic carbocycles. The molecule has 0 atom stereocenters. The summed E-state index contributed by atoms with van der Waals surface area (Å²) >= 11 is 0. The second-order valence-corrected chi connectivity index (χ2v) is 2.67. The van der Waals surface area contributed by atoms with Crippen molar-refractivity contribution in [2.24, 2.45) is 0 Å². The summed E-state index contributed by atoms with van der Waals surface area (Å²) in [5.41, 5.74) is 0.398. The van der Waals surface area contributed by atoms with Gasteiger partial charge in [0.15, 0.2) is 0 Å².